The minimum Gasteiger partial charge on any atom is -0.497 e. The van der Waals surface area contributed by atoms with Gasteiger partial charge in [0.2, 0.25) is 6.20 Å². The number of carbonyl (C=O) groups is 2. The molecule has 85 heavy (non-hydrogen) atoms. The maximum absolute atomic E-state index is 15.5. The van der Waals surface area contributed by atoms with Crippen molar-refractivity contribution in [1.82, 2.24) is 49.2 Å². The lowest BCUT2D eigenvalue weighted by molar-refractivity contribution is -0.697. The number of nitrogens with two attached hydrogens (primary N) is 1. The number of aromatic nitrogens is 9. The van der Waals surface area contributed by atoms with E-state index in [1.165, 1.54) is 104 Å². The minimum atomic E-state index is -4.85. The Hall–Kier alpha value is -6.53. The molecule has 14 unspecified atom stereocenters. The number of anilines is 2. The molecule has 2 aliphatic carbocycles. The molecule has 14 atom stereocenters. The zero-order valence-corrected chi connectivity index (χ0v) is 49.2. The van der Waals surface area contributed by atoms with Crippen LogP contribution in [0, 0.1) is 0 Å². The van der Waals surface area contributed by atoms with Gasteiger partial charge in [0.05, 0.1) is 32.0 Å². The fourth-order valence-corrected chi connectivity index (χ4v) is 14.3. The average molecular weight is 1230 g/mol. The number of nitrogen functional groups attached to an aromatic ring is 1. The summed E-state index contributed by atoms with van der Waals surface area (Å²) in [5.74, 6) is -0.746. The molecule has 5 aromatic heterocycles. The standard InChI is InChI=1S/C53H72N13O17P2/c1-29(52(71)76-33-13-8-6-9-14-33)62-84(73,80-30(2)44-41(68)43(70)51(79-44)66-28-61-39-47(55-4)57-26-59-49(39)66)83-36-17-12-22-64(23-36)24-37(53(72)77-34-15-10-7-11-16-34)63-85(74,82-35-20-18-32(75-5)19-21-35)81-31(3)45-40(67)42(69)50(78-45)65-27-60-38-46(54)56-25-58-48(38)65/h12,17-23,25-31,33-34,37,40-45,50-51,67-70H,6-11,13-16,24H2,1-5H3,(H,62,73)(H,63,74)(H2,54,56,58)(H,55,57,59)/q+1. The van der Waals surface area contributed by atoms with Crippen molar-refractivity contribution in [3.8, 4) is 17.2 Å². The molecule has 9 N–H and O–H groups in total. The van der Waals surface area contributed by atoms with E-state index < -0.39 is 107 Å². The highest BCUT2D eigenvalue weighted by Gasteiger charge is 2.51. The fraction of sp³-hybridized carbons (Fsp3) is 0.566. The number of methoxy groups -OCH3 is 1. The summed E-state index contributed by atoms with van der Waals surface area (Å²) in [5.41, 5.74) is 7.11. The van der Waals surface area contributed by atoms with E-state index in [-0.39, 0.29) is 46.8 Å². The monoisotopic (exact) mass is 1220 g/mol. The smallest absolute Gasteiger partial charge is 0.460 e. The first-order valence-corrected chi connectivity index (χ1v) is 31.3. The van der Waals surface area contributed by atoms with E-state index in [4.69, 9.17) is 47.5 Å². The maximum Gasteiger partial charge on any atom is 0.460 e. The molecule has 460 valence electrons. The van der Waals surface area contributed by atoms with Gasteiger partial charge in [-0.2, -0.15) is 14.7 Å². The van der Waals surface area contributed by atoms with Gasteiger partial charge < -0.3 is 64.2 Å². The van der Waals surface area contributed by atoms with E-state index in [0.29, 0.717) is 42.8 Å². The first-order valence-electron chi connectivity index (χ1n) is 28.2. The number of hydrogen-bond acceptors (Lipinski definition) is 25. The summed E-state index contributed by atoms with van der Waals surface area (Å²) in [5, 5.41) is 54.2. The zero-order valence-electron chi connectivity index (χ0n) is 47.4. The Morgan fingerprint density at radius 2 is 1.20 bits per heavy atom. The van der Waals surface area contributed by atoms with Gasteiger partial charge in [0, 0.05) is 13.1 Å². The van der Waals surface area contributed by atoms with Crippen molar-refractivity contribution in [2.75, 3.05) is 25.2 Å². The number of imidazole rings is 2. The number of nitrogens with zero attached hydrogens (tertiary/aromatic N) is 9. The van der Waals surface area contributed by atoms with Gasteiger partial charge in [0.15, 0.2) is 59.9 Å². The summed E-state index contributed by atoms with van der Waals surface area (Å²) >= 11 is 0. The molecule has 4 fully saturated rings. The number of nitrogens with one attached hydrogen (secondary N) is 3. The molecule has 4 aliphatic rings. The third-order valence-electron chi connectivity index (χ3n) is 15.3. The molecule has 32 heteroatoms. The SMILES string of the molecule is CNc1ncnc2c1ncn2C1OC(C(C)OP(=O)(NC(C)C(=O)OC2CCCCC2)Oc2ccc[n+](CC(NP(=O)(Oc3ccc(OC)cc3)OC(C)C3OC(n4cnc5c(N)ncnc54)C(O)C3O)C(=O)OC3CCCCC3)c2)C(O)C1O. The number of pyridine rings is 1. The third kappa shape index (κ3) is 14.0. The number of carbonyl (C=O) groups excluding carboxylic acids is 2. The Kier molecular flexibility index (Phi) is 19.3. The second-order valence-corrected chi connectivity index (χ2v) is 24.8. The van der Waals surface area contributed by atoms with Crippen molar-refractivity contribution >= 4 is 61.4 Å². The van der Waals surface area contributed by atoms with E-state index >= 15 is 9.13 Å². The Bertz CT molecular complexity index is 3370. The average Bonchev–Trinajstić information content (AvgIpc) is 2.46. The van der Waals surface area contributed by atoms with Crippen molar-refractivity contribution in [2.45, 2.75) is 177 Å². The van der Waals surface area contributed by atoms with E-state index in [2.05, 4.69) is 45.4 Å². The number of aliphatic hydroxyl groups excluding tert-OH is 4. The van der Waals surface area contributed by atoms with Crippen molar-refractivity contribution < 1.29 is 85.5 Å². The molecule has 2 aliphatic heterocycles. The van der Waals surface area contributed by atoms with Crippen LogP contribution in [0.25, 0.3) is 22.3 Å². The third-order valence-corrected chi connectivity index (χ3v) is 18.8. The number of esters is 2. The molecule has 1 aromatic carbocycles. The van der Waals surface area contributed by atoms with Crippen LogP contribution in [0.1, 0.15) is 97.4 Å². The molecule has 0 bridgehead atoms. The van der Waals surface area contributed by atoms with E-state index in [1.807, 2.05) is 0 Å². The first-order chi connectivity index (χ1) is 40.8. The van der Waals surface area contributed by atoms with E-state index in [1.54, 1.807) is 19.2 Å². The number of rotatable bonds is 24. The highest BCUT2D eigenvalue weighted by atomic mass is 31.2. The van der Waals surface area contributed by atoms with Gasteiger partial charge in [-0.15, -0.1) is 0 Å². The van der Waals surface area contributed by atoms with Crippen molar-refractivity contribution in [1.29, 1.82) is 0 Å². The molecular weight excluding hydrogens is 1150 g/mol. The lowest BCUT2D eigenvalue weighted by Crippen LogP contribution is -2.51. The quantitative estimate of drug-likeness (QED) is 0.0243. The number of fused-ring (bicyclic) bond motifs is 2. The predicted molar refractivity (Wildman–Crippen MR) is 299 cm³/mol. The van der Waals surface area contributed by atoms with Gasteiger partial charge in [-0.05, 0) is 102 Å². The van der Waals surface area contributed by atoms with Crippen molar-refractivity contribution in [3.63, 3.8) is 0 Å². The summed E-state index contributed by atoms with van der Waals surface area (Å²) in [4.78, 5) is 53.6. The van der Waals surface area contributed by atoms with Gasteiger partial charge in [-0.25, -0.2) is 39.0 Å². The summed E-state index contributed by atoms with van der Waals surface area (Å²) in [6.07, 6.45) is 0.809. The van der Waals surface area contributed by atoms with Crippen LogP contribution in [0.2, 0.25) is 0 Å². The highest BCUT2D eigenvalue weighted by Crippen LogP contribution is 2.50. The van der Waals surface area contributed by atoms with Crippen LogP contribution >= 0.6 is 15.5 Å². The minimum absolute atomic E-state index is 0.0158. The Labute approximate surface area is 488 Å². The number of hydrogen-bond donors (Lipinski definition) is 8. The van der Waals surface area contributed by atoms with Crippen molar-refractivity contribution in [2.24, 2.45) is 0 Å². The van der Waals surface area contributed by atoms with Gasteiger partial charge in [0.1, 0.15) is 90.1 Å². The van der Waals surface area contributed by atoms with E-state index in [0.717, 1.165) is 38.5 Å². The van der Waals surface area contributed by atoms with Gasteiger partial charge >= 0.3 is 27.4 Å². The van der Waals surface area contributed by atoms with Crippen LogP contribution in [0.4, 0.5) is 11.6 Å². The largest absolute Gasteiger partial charge is 0.497 e. The molecule has 10 rings (SSSR count). The summed E-state index contributed by atoms with van der Waals surface area (Å²) in [6.45, 7) is 3.95. The van der Waals surface area contributed by atoms with Crippen LogP contribution in [0.3, 0.4) is 0 Å². The molecule has 7 heterocycles. The molecule has 30 nitrogen and oxygen atoms in total. The molecular formula is C53H72N13O17P2+. The summed E-state index contributed by atoms with van der Waals surface area (Å²) < 4.78 is 89.6. The normalized spacial score (nSPS) is 26.0. The van der Waals surface area contributed by atoms with Gasteiger partial charge in [-0.1, -0.05) is 12.8 Å². The topological polar surface area (TPSA) is 385 Å². The molecule has 0 radical (unpaired) electrons. The Morgan fingerprint density at radius 1 is 0.682 bits per heavy atom. The number of ether oxygens (including phenoxy) is 5. The van der Waals surface area contributed by atoms with Crippen LogP contribution in [0.15, 0.2) is 74.1 Å². The van der Waals surface area contributed by atoms with Crippen LogP contribution < -0.4 is 39.6 Å². The predicted octanol–water partition coefficient (Wildman–Crippen LogP) is 3.70. The van der Waals surface area contributed by atoms with Gasteiger partial charge in [0.25, 0.3) is 0 Å². The maximum atomic E-state index is 15.5. The van der Waals surface area contributed by atoms with Crippen molar-refractivity contribution in [3.05, 3.63) is 74.1 Å². The second-order valence-electron chi connectivity index (χ2n) is 21.5. The Morgan fingerprint density at radius 3 is 1.78 bits per heavy atom. The summed E-state index contributed by atoms with van der Waals surface area (Å²) in [6, 6.07) is 6.15. The Balaban J connectivity index is 0.924. The van der Waals surface area contributed by atoms with Crippen LogP contribution in [0.5, 0.6) is 17.2 Å². The first kappa shape index (κ1) is 61.6. The van der Waals surface area contributed by atoms with Crippen LogP contribution in [-0.2, 0) is 53.3 Å². The molecule has 6 aromatic rings. The lowest BCUT2D eigenvalue weighted by Gasteiger charge is -2.30. The van der Waals surface area contributed by atoms with Crippen LogP contribution in [-0.4, -0.2) is 159 Å². The second kappa shape index (κ2) is 26.6. The molecule has 0 spiro atoms. The summed E-state index contributed by atoms with van der Waals surface area (Å²) in [7, 11) is -6.51. The molecule has 0 amide bonds. The van der Waals surface area contributed by atoms with Gasteiger partial charge in [-0.3, -0.25) is 27.8 Å². The highest BCUT2D eigenvalue weighted by molar-refractivity contribution is 7.52. The fourth-order valence-electron chi connectivity index (χ4n) is 10.9. The zero-order chi connectivity index (χ0) is 60.2. The number of benzene rings is 1. The lowest BCUT2D eigenvalue weighted by atomic mass is 9.98. The molecule has 2 saturated heterocycles. The number of aliphatic hydroxyl groups is 4. The molecule has 2 saturated carbocycles. The van der Waals surface area contributed by atoms with E-state index in [9.17, 15) is 30.0 Å².